The van der Waals surface area contributed by atoms with Gasteiger partial charge in [-0.25, -0.2) is 4.39 Å². The van der Waals surface area contributed by atoms with Gasteiger partial charge in [0.1, 0.15) is 11.9 Å². The van der Waals surface area contributed by atoms with Gasteiger partial charge in [0.2, 0.25) is 0 Å². The fourth-order valence-corrected chi connectivity index (χ4v) is 5.32. The summed E-state index contributed by atoms with van der Waals surface area (Å²) in [5.74, 6) is -0.0592. The first-order chi connectivity index (χ1) is 12.5. The number of halogens is 1. The highest BCUT2D eigenvalue weighted by molar-refractivity contribution is 5.76. The maximum Gasteiger partial charge on any atom is 0.310 e. The molecule has 1 N–H and O–H groups in total. The van der Waals surface area contributed by atoms with Crippen molar-refractivity contribution in [3.05, 3.63) is 46.8 Å². The third-order valence-corrected chi connectivity index (χ3v) is 6.79. The number of ether oxygens (including phenoxy) is 1. The molecular formula is C22H28FNO2. The number of esters is 1. The quantitative estimate of drug-likeness (QED) is 0.642. The van der Waals surface area contributed by atoms with Crippen LogP contribution in [0.1, 0.15) is 51.5 Å². The number of hydrogen-bond acceptors (Lipinski definition) is 3. The molecule has 0 radical (unpaired) electrons. The van der Waals surface area contributed by atoms with Gasteiger partial charge in [0.15, 0.2) is 0 Å². The van der Waals surface area contributed by atoms with Gasteiger partial charge in [0.05, 0.1) is 5.92 Å². The van der Waals surface area contributed by atoms with E-state index in [9.17, 15) is 9.18 Å². The molecule has 140 valence electrons. The van der Waals surface area contributed by atoms with Crippen molar-refractivity contribution >= 4 is 5.97 Å². The van der Waals surface area contributed by atoms with Gasteiger partial charge < -0.3 is 10.1 Å². The molecule has 0 bridgehead atoms. The van der Waals surface area contributed by atoms with Crippen LogP contribution in [0.3, 0.4) is 0 Å². The fraction of sp³-hybridized carbons (Fsp3) is 0.591. The molecule has 1 heterocycles. The van der Waals surface area contributed by atoms with Gasteiger partial charge >= 0.3 is 5.97 Å². The third-order valence-electron chi connectivity index (χ3n) is 6.79. The second-order valence-electron chi connectivity index (χ2n) is 8.58. The molecule has 4 unspecified atom stereocenters. The summed E-state index contributed by atoms with van der Waals surface area (Å²) in [5.41, 5.74) is 4.37. The Morgan fingerprint density at radius 3 is 2.85 bits per heavy atom. The fourth-order valence-electron chi connectivity index (χ4n) is 5.32. The van der Waals surface area contributed by atoms with Crippen LogP contribution in [0.2, 0.25) is 0 Å². The van der Waals surface area contributed by atoms with E-state index in [4.69, 9.17) is 4.74 Å². The largest absolute Gasteiger partial charge is 0.462 e. The molecule has 26 heavy (non-hydrogen) atoms. The van der Waals surface area contributed by atoms with E-state index in [1.165, 1.54) is 37.0 Å². The topological polar surface area (TPSA) is 38.3 Å². The second-order valence-corrected chi connectivity index (χ2v) is 8.58. The Balaban J connectivity index is 1.43. The second kappa shape index (κ2) is 6.80. The summed E-state index contributed by atoms with van der Waals surface area (Å²) in [5, 5.41) is 3.38. The minimum absolute atomic E-state index is 0.0490. The highest BCUT2D eigenvalue weighted by Gasteiger charge is 2.52. The lowest BCUT2D eigenvalue weighted by atomic mass is 9.59. The highest BCUT2D eigenvalue weighted by atomic mass is 19.1. The van der Waals surface area contributed by atoms with Crippen LogP contribution in [0, 0.1) is 23.1 Å². The van der Waals surface area contributed by atoms with Gasteiger partial charge in [-0.2, -0.15) is 0 Å². The smallest absolute Gasteiger partial charge is 0.310 e. The van der Waals surface area contributed by atoms with Crippen LogP contribution in [0.5, 0.6) is 0 Å². The molecule has 2 fully saturated rings. The van der Waals surface area contributed by atoms with E-state index in [1.807, 2.05) is 0 Å². The van der Waals surface area contributed by atoms with Gasteiger partial charge in [-0.1, -0.05) is 30.2 Å². The Hall–Kier alpha value is -1.68. The predicted molar refractivity (Wildman–Crippen MR) is 98.9 cm³/mol. The number of carbonyl (C=O) groups excluding carboxylic acids is 1. The third kappa shape index (κ3) is 3.20. The molecule has 2 aliphatic carbocycles. The Morgan fingerprint density at radius 2 is 2.08 bits per heavy atom. The van der Waals surface area contributed by atoms with Crippen molar-refractivity contribution in [1.29, 1.82) is 0 Å². The number of allylic oxidation sites excluding steroid dienone is 2. The van der Waals surface area contributed by atoms with E-state index >= 15 is 0 Å². The molecule has 1 aromatic carbocycles. The minimum Gasteiger partial charge on any atom is -0.462 e. The van der Waals surface area contributed by atoms with Gasteiger partial charge in [-0.05, 0) is 62.1 Å². The molecule has 3 aliphatic rings. The SMILES string of the molecule is CC1=C2CC3C(CC2(C)CCC1)OC(=O)C3CNCc1ccc(F)cc1. The maximum atomic E-state index is 13.0. The molecule has 1 saturated heterocycles. The summed E-state index contributed by atoms with van der Waals surface area (Å²) in [4.78, 5) is 12.5. The summed E-state index contributed by atoms with van der Waals surface area (Å²) < 4.78 is 18.8. The first-order valence-corrected chi connectivity index (χ1v) is 9.81. The van der Waals surface area contributed by atoms with E-state index in [0.29, 0.717) is 19.0 Å². The number of hydrogen-bond donors (Lipinski definition) is 1. The van der Waals surface area contributed by atoms with Crippen LogP contribution in [-0.4, -0.2) is 18.6 Å². The van der Waals surface area contributed by atoms with Crippen LogP contribution in [0.15, 0.2) is 35.4 Å². The zero-order valence-electron chi connectivity index (χ0n) is 15.7. The summed E-state index contributed by atoms with van der Waals surface area (Å²) in [7, 11) is 0. The molecule has 0 spiro atoms. The van der Waals surface area contributed by atoms with Crippen LogP contribution < -0.4 is 5.32 Å². The molecule has 1 aromatic rings. The molecule has 4 rings (SSSR count). The van der Waals surface area contributed by atoms with Crippen molar-refractivity contribution in [2.45, 2.75) is 58.6 Å². The average molecular weight is 357 g/mol. The molecule has 3 nitrogen and oxygen atoms in total. The van der Waals surface area contributed by atoms with Crippen molar-refractivity contribution in [1.82, 2.24) is 5.32 Å². The highest BCUT2D eigenvalue weighted by Crippen LogP contribution is 2.54. The predicted octanol–water partition coefficient (Wildman–Crippen LogP) is 4.37. The summed E-state index contributed by atoms with van der Waals surface area (Å²) >= 11 is 0. The molecule has 1 aliphatic heterocycles. The Bertz CT molecular complexity index is 726. The van der Waals surface area contributed by atoms with Gasteiger partial charge in [0.25, 0.3) is 0 Å². The summed E-state index contributed by atoms with van der Waals surface area (Å²) in [6, 6.07) is 6.50. The van der Waals surface area contributed by atoms with Gasteiger partial charge in [-0.15, -0.1) is 0 Å². The van der Waals surface area contributed by atoms with Crippen molar-refractivity contribution in [3.8, 4) is 0 Å². The van der Waals surface area contributed by atoms with E-state index in [2.05, 4.69) is 19.2 Å². The first-order valence-electron chi connectivity index (χ1n) is 9.81. The summed E-state index contributed by atoms with van der Waals surface area (Å²) in [6.07, 6.45) is 5.71. The molecular weight excluding hydrogens is 329 g/mol. The molecule has 0 aromatic heterocycles. The Morgan fingerprint density at radius 1 is 1.31 bits per heavy atom. The normalized spacial score (nSPS) is 33.7. The van der Waals surface area contributed by atoms with Crippen molar-refractivity contribution < 1.29 is 13.9 Å². The van der Waals surface area contributed by atoms with Crippen LogP contribution in [0.4, 0.5) is 4.39 Å². The Kier molecular flexibility index (Phi) is 4.64. The lowest BCUT2D eigenvalue weighted by molar-refractivity contribution is -0.145. The summed E-state index contributed by atoms with van der Waals surface area (Å²) in [6.45, 7) is 5.89. The number of benzene rings is 1. The van der Waals surface area contributed by atoms with Crippen molar-refractivity contribution in [2.24, 2.45) is 17.3 Å². The molecule has 4 heteroatoms. The average Bonchev–Trinajstić information content (AvgIpc) is 2.89. The monoisotopic (exact) mass is 357 g/mol. The molecule has 4 atom stereocenters. The lowest BCUT2D eigenvalue weighted by Crippen LogP contribution is -2.40. The van der Waals surface area contributed by atoms with E-state index in [-0.39, 0.29) is 29.2 Å². The molecule has 0 amide bonds. The van der Waals surface area contributed by atoms with Gasteiger partial charge in [0, 0.05) is 19.0 Å². The standard InChI is InChI=1S/C22H28FNO2/c1-14-4-3-9-22(2)11-20-17(10-19(14)22)18(21(25)26-20)13-24-12-15-5-7-16(23)8-6-15/h5-8,17-18,20,24H,3-4,9-13H2,1-2H3. The number of nitrogens with one attached hydrogen (secondary N) is 1. The van der Waals surface area contributed by atoms with E-state index < -0.39 is 0 Å². The van der Waals surface area contributed by atoms with Crippen molar-refractivity contribution in [3.63, 3.8) is 0 Å². The lowest BCUT2D eigenvalue weighted by Gasteiger charge is -2.45. The number of carbonyl (C=O) groups is 1. The minimum atomic E-state index is -0.225. The Labute approximate surface area is 155 Å². The van der Waals surface area contributed by atoms with Crippen molar-refractivity contribution in [2.75, 3.05) is 6.54 Å². The van der Waals surface area contributed by atoms with Crippen LogP contribution in [0.25, 0.3) is 0 Å². The van der Waals surface area contributed by atoms with Crippen LogP contribution in [-0.2, 0) is 16.1 Å². The first kappa shape index (κ1) is 17.7. The number of fused-ring (bicyclic) bond motifs is 2. The van der Waals surface area contributed by atoms with Crippen LogP contribution >= 0.6 is 0 Å². The zero-order chi connectivity index (χ0) is 18.3. The van der Waals surface area contributed by atoms with E-state index in [0.717, 1.165) is 18.4 Å². The van der Waals surface area contributed by atoms with Gasteiger partial charge in [-0.3, -0.25) is 4.79 Å². The van der Waals surface area contributed by atoms with E-state index in [1.54, 1.807) is 17.7 Å². The zero-order valence-corrected chi connectivity index (χ0v) is 15.7. The maximum absolute atomic E-state index is 13.0. The molecule has 1 saturated carbocycles. The number of rotatable bonds is 4.